The van der Waals surface area contributed by atoms with Gasteiger partial charge in [-0.2, -0.15) is 5.10 Å². The molecule has 0 fully saturated rings. The van der Waals surface area contributed by atoms with Crippen molar-refractivity contribution in [3.8, 4) is 0 Å². The number of hydrogen-bond donors (Lipinski definition) is 2. The van der Waals surface area contributed by atoms with Crippen LogP contribution in [0.1, 0.15) is 23.4 Å². The summed E-state index contributed by atoms with van der Waals surface area (Å²) in [6.07, 6.45) is 1.01. The summed E-state index contributed by atoms with van der Waals surface area (Å²) in [6.45, 7) is 7.30. The zero-order valence-corrected chi connectivity index (χ0v) is 11.0. The standard InChI is InChI=1S/C12H23N3O2/c1-10-12(9-13-5-4-8-17-3)11(2)15(14-10)6-7-16/h13,16H,4-9H2,1-3H3. The molecule has 0 spiro atoms. The Morgan fingerprint density at radius 3 is 2.82 bits per heavy atom. The summed E-state index contributed by atoms with van der Waals surface area (Å²) in [5, 5.41) is 16.7. The van der Waals surface area contributed by atoms with E-state index in [1.807, 2.05) is 18.5 Å². The van der Waals surface area contributed by atoms with Gasteiger partial charge in [0.15, 0.2) is 0 Å². The van der Waals surface area contributed by atoms with Crippen molar-refractivity contribution in [3.63, 3.8) is 0 Å². The highest BCUT2D eigenvalue weighted by molar-refractivity contribution is 5.24. The number of aliphatic hydroxyl groups excluding tert-OH is 1. The average Bonchev–Trinajstić information content (AvgIpc) is 2.56. The average molecular weight is 241 g/mol. The minimum Gasteiger partial charge on any atom is -0.394 e. The van der Waals surface area contributed by atoms with Crippen LogP contribution < -0.4 is 5.32 Å². The number of ether oxygens (including phenoxy) is 1. The molecule has 0 saturated heterocycles. The minimum absolute atomic E-state index is 0.128. The molecule has 98 valence electrons. The molecule has 0 radical (unpaired) electrons. The molecule has 1 aromatic heterocycles. The maximum Gasteiger partial charge on any atom is 0.0644 e. The van der Waals surface area contributed by atoms with Crippen LogP contribution in [0.3, 0.4) is 0 Å². The lowest BCUT2D eigenvalue weighted by Crippen LogP contribution is -2.17. The lowest BCUT2D eigenvalue weighted by molar-refractivity contribution is 0.194. The van der Waals surface area contributed by atoms with Gasteiger partial charge in [-0.3, -0.25) is 4.68 Å². The lowest BCUT2D eigenvalue weighted by Gasteiger charge is -2.06. The molecular weight excluding hydrogens is 218 g/mol. The normalized spacial score (nSPS) is 11.1. The quantitative estimate of drug-likeness (QED) is 0.655. The fourth-order valence-corrected chi connectivity index (χ4v) is 1.86. The van der Waals surface area contributed by atoms with Gasteiger partial charge in [0.1, 0.15) is 0 Å². The largest absolute Gasteiger partial charge is 0.394 e. The molecule has 1 rings (SSSR count). The molecule has 2 N–H and O–H groups in total. The third kappa shape index (κ3) is 4.11. The fraction of sp³-hybridized carbons (Fsp3) is 0.750. The smallest absolute Gasteiger partial charge is 0.0644 e. The second kappa shape index (κ2) is 7.42. The Balaban J connectivity index is 2.47. The summed E-state index contributed by atoms with van der Waals surface area (Å²) in [5.41, 5.74) is 3.40. The second-order valence-corrected chi connectivity index (χ2v) is 4.12. The molecule has 0 aromatic carbocycles. The van der Waals surface area contributed by atoms with Crippen molar-refractivity contribution in [3.05, 3.63) is 17.0 Å². The van der Waals surface area contributed by atoms with Crippen LogP contribution in [-0.4, -0.2) is 41.8 Å². The van der Waals surface area contributed by atoms with E-state index in [9.17, 15) is 0 Å². The monoisotopic (exact) mass is 241 g/mol. The van der Waals surface area contributed by atoms with Crippen LogP contribution in [0.5, 0.6) is 0 Å². The van der Waals surface area contributed by atoms with E-state index < -0.39 is 0 Å². The first-order valence-electron chi connectivity index (χ1n) is 6.04. The van der Waals surface area contributed by atoms with Crippen LogP contribution >= 0.6 is 0 Å². The molecular formula is C12H23N3O2. The van der Waals surface area contributed by atoms with Gasteiger partial charge in [-0.05, 0) is 26.8 Å². The number of methoxy groups -OCH3 is 1. The van der Waals surface area contributed by atoms with E-state index >= 15 is 0 Å². The van der Waals surface area contributed by atoms with Crippen molar-refractivity contribution >= 4 is 0 Å². The van der Waals surface area contributed by atoms with Crippen molar-refractivity contribution in [1.82, 2.24) is 15.1 Å². The van der Waals surface area contributed by atoms with Crippen LogP contribution in [0.25, 0.3) is 0 Å². The zero-order valence-electron chi connectivity index (χ0n) is 11.0. The molecule has 1 heterocycles. The number of aromatic nitrogens is 2. The Kier molecular flexibility index (Phi) is 6.18. The van der Waals surface area contributed by atoms with Crippen molar-refractivity contribution in [1.29, 1.82) is 0 Å². The van der Waals surface area contributed by atoms with Gasteiger partial charge in [-0.15, -0.1) is 0 Å². The SMILES string of the molecule is COCCCNCc1c(C)nn(CCO)c1C. The van der Waals surface area contributed by atoms with E-state index in [2.05, 4.69) is 10.4 Å². The molecule has 0 aliphatic rings. The van der Waals surface area contributed by atoms with Gasteiger partial charge < -0.3 is 15.2 Å². The lowest BCUT2D eigenvalue weighted by atomic mass is 10.2. The number of hydrogen-bond acceptors (Lipinski definition) is 4. The van der Waals surface area contributed by atoms with Gasteiger partial charge in [0.2, 0.25) is 0 Å². The first-order chi connectivity index (χ1) is 8.20. The highest BCUT2D eigenvalue weighted by Gasteiger charge is 2.10. The number of nitrogens with zero attached hydrogens (tertiary/aromatic N) is 2. The summed E-state index contributed by atoms with van der Waals surface area (Å²) in [4.78, 5) is 0. The van der Waals surface area contributed by atoms with E-state index in [-0.39, 0.29) is 6.61 Å². The first-order valence-corrected chi connectivity index (χ1v) is 6.04. The predicted octanol–water partition coefficient (Wildman–Crippen LogP) is 0.618. The molecule has 5 heteroatoms. The molecule has 0 unspecified atom stereocenters. The zero-order chi connectivity index (χ0) is 12.7. The highest BCUT2D eigenvalue weighted by Crippen LogP contribution is 2.12. The van der Waals surface area contributed by atoms with Crippen LogP contribution in [0.4, 0.5) is 0 Å². The summed E-state index contributed by atoms with van der Waals surface area (Å²) in [7, 11) is 1.72. The van der Waals surface area contributed by atoms with Crippen molar-refractivity contribution in [2.45, 2.75) is 33.4 Å². The third-order valence-corrected chi connectivity index (χ3v) is 2.85. The van der Waals surface area contributed by atoms with Gasteiger partial charge in [0.05, 0.1) is 18.8 Å². The van der Waals surface area contributed by atoms with Crippen LogP contribution in [0.15, 0.2) is 0 Å². The van der Waals surface area contributed by atoms with Crippen molar-refractivity contribution in [2.75, 3.05) is 26.9 Å². The first kappa shape index (κ1) is 14.2. The molecule has 0 saturated carbocycles. The van der Waals surface area contributed by atoms with Gasteiger partial charge in [0, 0.05) is 31.5 Å². The van der Waals surface area contributed by atoms with Crippen molar-refractivity contribution < 1.29 is 9.84 Å². The van der Waals surface area contributed by atoms with Crippen LogP contribution in [0.2, 0.25) is 0 Å². The van der Waals surface area contributed by atoms with Gasteiger partial charge in [-0.25, -0.2) is 0 Å². The number of aryl methyl sites for hydroxylation is 1. The molecule has 17 heavy (non-hydrogen) atoms. The maximum atomic E-state index is 8.93. The minimum atomic E-state index is 0.128. The maximum absolute atomic E-state index is 8.93. The molecule has 0 aliphatic heterocycles. The molecule has 0 bridgehead atoms. The Bertz CT molecular complexity index is 337. The Morgan fingerprint density at radius 2 is 2.18 bits per heavy atom. The molecule has 0 atom stereocenters. The van der Waals surface area contributed by atoms with Crippen LogP contribution in [-0.2, 0) is 17.8 Å². The Morgan fingerprint density at radius 1 is 1.41 bits per heavy atom. The predicted molar refractivity (Wildman–Crippen MR) is 67.0 cm³/mol. The van der Waals surface area contributed by atoms with E-state index in [1.54, 1.807) is 7.11 Å². The van der Waals surface area contributed by atoms with Gasteiger partial charge in [0.25, 0.3) is 0 Å². The van der Waals surface area contributed by atoms with E-state index in [0.717, 1.165) is 37.5 Å². The fourth-order valence-electron chi connectivity index (χ4n) is 1.86. The summed E-state index contributed by atoms with van der Waals surface area (Å²) < 4.78 is 6.86. The Hall–Kier alpha value is -0.910. The van der Waals surface area contributed by atoms with Crippen molar-refractivity contribution in [2.24, 2.45) is 0 Å². The molecule has 5 nitrogen and oxygen atoms in total. The number of rotatable bonds is 8. The van der Waals surface area contributed by atoms with Gasteiger partial charge >= 0.3 is 0 Å². The topological polar surface area (TPSA) is 59.3 Å². The molecule has 0 amide bonds. The summed E-state index contributed by atoms with van der Waals surface area (Å²) in [6, 6.07) is 0. The third-order valence-electron chi connectivity index (χ3n) is 2.85. The Labute approximate surface area is 103 Å². The molecule has 1 aromatic rings. The second-order valence-electron chi connectivity index (χ2n) is 4.12. The number of aliphatic hydroxyl groups is 1. The van der Waals surface area contributed by atoms with Gasteiger partial charge in [-0.1, -0.05) is 0 Å². The highest BCUT2D eigenvalue weighted by atomic mass is 16.5. The van der Waals surface area contributed by atoms with E-state index in [0.29, 0.717) is 6.54 Å². The van der Waals surface area contributed by atoms with E-state index in [4.69, 9.17) is 9.84 Å². The summed E-state index contributed by atoms with van der Waals surface area (Å²) >= 11 is 0. The van der Waals surface area contributed by atoms with Crippen LogP contribution in [0, 0.1) is 13.8 Å². The molecule has 0 aliphatic carbocycles. The van der Waals surface area contributed by atoms with E-state index in [1.165, 1.54) is 5.56 Å². The number of nitrogens with one attached hydrogen (secondary N) is 1. The summed E-state index contributed by atoms with van der Waals surface area (Å²) in [5.74, 6) is 0.